The zero-order chi connectivity index (χ0) is 12.3. The molecule has 94 valence electrons. The van der Waals surface area contributed by atoms with Gasteiger partial charge in [0.25, 0.3) is 0 Å². The molecule has 3 heteroatoms. The van der Waals surface area contributed by atoms with Crippen LogP contribution in [-0.2, 0) is 0 Å². The van der Waals surface area contributed by atoms with Crippen LogP contribution in [0.4, 0.5) is 0 Å². The number of benzene rings is 1. The third-order valence-electron chi connectivity index (χ3n) is 3.35. The van der Waals surface area contributed by atoms with Gasteiger partial charge < -0.3 is 15.4 Å². The summed E-state index contributed by atoms with van der Waals surface area (Å²) in [6.07, 6.45) is 2.58. The zero-order valence-electron chi connectivity index (χ0n) is 10.7. The highest BCUT2D eigenvalue weighted by Crippen LogP contribution is 2.21. The number of rotatable bonds is 3. The lowest BCUT2D eigenvalue weighted by molar-refractivity contribution is 0.114. The van der Waals surface area contributed by atoms with Crippen LogP contribution in [0.1, 0.15) is 31.4 Å². The first-order valence-corrected chi connectivity index (χ1v) is 6.36. The van der Waals surface area contributed by atoms with Gasteiger partial charge in [0.2, 0.25) is 0 Å². The fourth-order valence-electron chi connectivity index (χ4n) is 2.17. The lowest BCUT2D eigenvalue weighted by Gasteiger charge is -2.29. The molecule has 1 aliphatic heterocycles. The summed E-state index contributed by atoms with van der Waals surface area (Å²) in [5.74, 6) is 0.953. The Balaban J connectivity index is 1.96. The van der Waals surface area contributed by atoms with E-state index >= 15 is 0 Å². The Hall–Kier alpha value is -1.06. The van der Waals surface area contributed by atoms with Gasteiger partial charge in [0.1, 0.15) is 11.9 Å². The lowest BCUT2D eigenvalue weighted by Crippen LogP contribution is -2.35. The quantitative estimate of drug-likeness (QED) is 0.871. The van der Waals surface area contributed by atoms with Crippen LogP contribution in [-0.4, -0.2) is 31.1 Å². The summed E-state index contributed by atoms with van der Waals surface area (Å²) in [7, 11) is 2.16. The van der Waals surface area contributed by atoms with Crippen LogP contribution in [0.5, 0.6) is 5.75 Å². The molecule has 0 bridgehead atoms. The van der Waals surface area contributed by atoms with E-state index in [4.69, 9.17) is 10.5 Å². The van der Waals surface area contributed by atoms with Crippen molar-refractivity contribution in [1.29, 1.82) is 0 Å². The molecule has 3 nitrogen and oxygen atoms in total. The van der Waals surface area contributed by atoms with Crippen molar-refractivity contribution >= 4 is 0 Å². The van der Waals surface area contributed by atoms with Gasteiger partial charge in [-0.05, 0) is 44.5 Å². The average molecular weight is 234 g/mol. The number of likely N-dealkylation sites (tertiary alicyclic amines) is 1. The van der Waals surface area contributed by atoms with Crippen molar-refractivity contribution in [3.05, 3.63) is 29.8 Å². The molecule has 2 N–H and O–H groups in total. The highest BCUT2D eigenvalue weighted by molar-refractivity contribution is 5.30. The molecule has 0 amide bonds. The van der Waals surface area contributed by atoms with E-state index in [-0.39, 0.29) is 6.04 Å². The second-order valence-corrected chi connectivity index (χ2v) is 4.98. The minimum Gasteiger partial charge on any atom is -0.490 e. The highest BCUT2D eigenvalue weighted by atomic mass is 16.5. The Kier molecular flexibility index (Phi) is 4.02. The first-order chi connectivity index (χ1) is 8.15. The molecule has 2 rings (SSSR count). The van der Waals surface area contributed by atoms with E-state index in [1.807, 2.05) is 25.1 Å². The van der Waals surface area contributed by atoms with Gasteiger partial charge >= 0.3 is 0 Å². The van der Waals surface area contributed by atoms with Crippen molar-refractivity contribution in [1.82, 2.24) is 4.90 Å². The van der Waals surface area contributed by atoms with E-state index < -0.39 is 0 Å². The van der Waals surface area contributed by atoms with Crippen LogP contribution in [0.3, 0.4) is 0 Å². The van der Waals surface area contributed by atoms with Crippen LogP contribution >= 0.6 is 0 Å². The monoisotopic (exact) mass is 234 g/mol. The number of hydrogen-bond donors (Lipinski definition) is 1. The molecule has 1 unspecified atom stereocenters. The van der Waals surface area contributed by atoms with Crippen LogP contribution in [0, 0.1) is 0 Å². The van der Waals surface area contributed by atoms with Gasteiger partial charge in [0.05, 0.1) is 0 Å². The molecule has 1 aliphatic rings. The summed E-state index contributed by atoms with van der Waals surface area (Å²) in [6.45, 7) is 4.24. The molecule has 0 aromatic heterocycles. The SMILES string of the molecule is CC(N)c1cccc(OC2CCN(C)CC2)c1. The maximum atomic E-state index is 6.01. The largest absolute Gasteiger partial charge is 0.490 e. The fourth-order valence-corrected chi connectivity index (χ4v) is 2.17. The topological polar surface area (TPSA) is 38.5 Å². The lowest BCUT2D eigenvalue weighted by atomic mass is 10.1. The van der Waals surface area contributed by atoms with E-state index in [2.05, 4.69) is 18.0 Å². The van der Waals surface area contributed by atoms with Gasteiger partial charge in [-0.15, -0.1) is 0 Å². The second-order valence-electron chi connectivity index (χ2n) is 4.98. The average Bonchev–Trinajstić information content (AvgIpc) is 2.32. The van der Waals surface area contributed by atoms with Crippen LogP contribution in [0.2, 0.25) is 0 Å². The van der Waals surface area contributed by atoms with Gasteiger partial charge in [0, 0.05) is 19.1 Å². The van der Waals surface area contributed by atoms with Crippen molar-refractivity contribution in [3.63, 3.8) is 0 Å². The Labute approximate surface area is 104 Å². The zero-order valence-corrected chi connectivity index (χ0v) is 10.7. The molecule has 1 saturated heterocycles. The normalized spacial score (nSPS) is 20.2. The minimum atomic E-state index is 0.0658. The van der Waals surface area contributed by atoms with Crippen molar-refractivity contribution in [2.75, 3.05) is 20.1 Å². The number of hydrogen-bond acceptors (Lipinski definition) is 3. The molecule has 0 aliphatic carbocycles. The van der Waals surface area contributed by atoms with Gasteiger partial charge in [-0.3, -0.25) is 0 Å². The summed E-state index contributed by atoms with van der Waals surface area (Å²) in [5.41, 5.74) is 7.01. The van der Waals surface area contributed by atoms with Gasteiger partial charge in [0.15, 0.2) is 0 Å². The number of ether oxygens (including phenoxy) is 1. The van der Waals surface area contributed by atoms with Gasteiger partial charge in [-0.1, -0.05) is 12.1 Å². The molecular weight excluding hydrogens is 212 g/mol. The first-order valence-electron chi connectivity index (χ1n) is 6.36. The van der Waals surface area contributed by atoms with E-state index in [0.717, 1.165) is 37.2 Å². The second kappa shape index (κ2) is 5.52. The summed E-state index contributed by atoms with van der Waals surface area (Å²) < 4.78 is 6.01. The smallest absolute Gasteiger partial charge is 0.120 e. The number of piperidine rings is 1. The van der Waals surface area contributed by atoms with Crippen LogP contribution in [0.15, 0.2) is 24.3 Å². The van der Waals surface area contributed by atoms with Crippen molar-refractivity contribution in [2.45, 2.75) is 31.9 Å². The van der Waals surface area contributed by atoms with Crippen molar-refractivity contribution in [3.8, 4) is 5.75 Å². The highest BCUT2D eigenvalue weighted by Gasteiger charge is 2.18. The standard InChI is InChI=1S/C14H22N2O/c1-11(15)12-4-3-5-14(10-12)17-13-6-8-16(2)9-7-13/h3-5,10-11,13H,6-9,15H2,1-2H3. The van der Waals surface area contributed by atoms with E-state index in [1.165, 1.54) is 0 Å². The first kappa shape index (κ1) is 12.4. The Morgan fingerprint density at radius 1 is 1.35 bits per heavy atom. The molecule has 17 heavy (non-hydrogen) atoms. The summed E-state index contributed by atoms with van der Waals surface area (Å²) >= 11 is 0. The molecule has 1 heterocycles. The third kappa shape index (κ3) is 3.45. The Bertz CT molecular complexity index is 357. The fraction of sp³-hybridized carbons (Fsp3) is 0.571. The Morgan fingerprint density at radius 2 is 2.06 bits per heavy atom. The van der Waals surface area contributed by atoms with Crippen molar-refractivity contribution < 1.29 is 4.74 Å². The molecular formula is C14H22N2O. The molecule has 1 atom stereocenters. The van der Waals surface area contributed by atoms with Crippen molar-refractivity contribution in [2.24, 2.45) is 5.73 Å². The molecule has 1 aromatic rings. The van der Waals surface area contributed by atoms with Crippen LogP contribution < -0.4 is 10.5 Å². The maximum Gasteiger partial charge on any atom is 0.120 e. The number of nitrogens with zero attached hydrogens (tertiary/aromatic N) is 1. The van der Waals surface area contributed by atoms with Gasteiger partial charge in [-0.25, -0.2) is 0 Å². The summed E-state index contributed by atoms with van der Waals surface area (Å²) in [5, 5.41) is 0. The summed E-state index contributed by atoms with van der Waals surface area (Å²) in [6, 6.07) is 8.21. The van der Waals surface area contributed by atoms with E-state index in [9.17, 15) is 0 Å². The van der Waals surface area contributed by atoms with E-state index in [1.54, 1.807) is 0 Å². The minimum absolute atomic E-state index is 0.0658. The van der Waals surface area contributed by atoms with E-state index in [0.29, 0.717) is 6.10 Å². The third-order valence-corrected chi connectivity index (χ3v) is 3.35. The number of nitrogens with two attached hydrogens (primary N) is 1. The molecule has 1 fully saturated rings. The van der Waals surface area contributed by atoms with Gasteiger partial charge in [-0.2, -0.15) is 0 Å². The predicted octanol–water partition coefficient (Wildman–Crippen LogP) is 2.18. The predicted molar refractivity (Wildman–Crippen MR) is 70.2 cm³/mol. The molecule has 0 saturated carbocycles. The Morgan fingerprint density at radius 3 is 2.71 bits per heavy atom. The summed E-state index contributed by atoms with van der Waals surface area (Å²) in [4.78, 5) is 2.35. The molecule has 1 aromatic carbocycles. The molecule has 0 spiro atoms. The van der Waals surface area contributed by atoms with Crippen LogP contribution in [0.25, 0.3) is 0 Å². The molecule has 0 radical (unpaired) electrons. The maximum absolute atomic E-state index is 6.01.